The van der Waals surface area contributed by atoms with Crippen molar-refractivity contribution in [1.29, 1.82) is 0 Å². The zero-order valence-corrected chi connectivity index (χ0v) is 19.4. The highest BCUT2D eigenvalue weighted by Crippen LogP contribution is 2.32. The average Bonchev–Trinajstić information content (AvgIpc) is 3.29. The van der Waals surface area contributed by atoms with Crippen LogP contribution in [0.2, 0.25) is 10.0 Å². The van der Waals surface area contributed by atoms with Crippen molar-refractivity contribution in [1.82, 2.24) is 0 Å². The van der Waals surface area contributed by atoms with Crippen molar-refractivity contribution in [2.45, 2.75) is 6.92 Å². The first-order chi connectivity index (χ1) is 16.4. The Kier molecular flexibility index (Phi) is 5.74. The Morgan fingerprint density at radius 3 is 2.41 bits per heavy atom. The molecule has 1 amide bonds. The molecular weight excluding hydrogens is 473 g/mol. The van der Waals surface area contributed by atoms with E-state index in [1.807, 2.05) is 31.2 Å². The summed E-state index contributed by atoms with van der Waals surface area (Å²) in [5.74, 6) is 0.188. The fraction of sp³-hybridized carbons (Fsp3) is 0.0370. The van der Waals surface area contributed by atoms with E-state index < -0.39 is 11.5 Å². The Morgan fingerprint density at radius 2 is 1.62 bits per heavy atom. The van der Waals surface area contributed by atoms with Crippen molar-refractivity contribution < 1.29 is 13.6 Å². The molecule has 34 heavy (non-hydrogen) atoms. The number of rotatable bonds is 4. The summed E-state index contributed by atoms with van der Waals surface area (Å²) in [4.78, 5) is 25.3. The molecule has 0 aliphatic heterocycles. The molecule has 5 nitrogen and oxygen atoms in total. The number of hydrogen-bond donors (Lipinski definition) is 1. The molecule has 0 spiro atoms. The molecule has 0 atom stereocenters. The molecule has 0 aliphatic rings. The Hall–Kier alpha value is -3.80. The molecule has 0 saturated carbocycles. The van der Waals surface area contributed by atoms with E-state index in [2.05, 4.69) is 5.32 Å². The van der Waals surface area contributed by atoms with Gasteiger partial charge in [0.2, 0.25) is 0 Å². The lowest BCUT2D eigenvalue weighted by molar-refractivity contribution is 0.0997. The quantitative estimate of drug-likeness (QED) is 0.264. The van der Waals surface area contributed by atoms with Crippen LogP contribution < -0.4 is 10.9 Å². The first-order valence-electron chi connectivity index (χ1n) is 10.4. The van der Waals surface area contributed by atoms with Gasteiger partial charge in [-0.05, 0) is 72.6 Å². The topological polar surface area (TPSA) is 72.5 Å². The van der Waals surface area contributed by atoms with E-state index in [4.69, 9.17) is 32.0 Å². The summed E-state index contributed by atoms with van der Waals surface area (Å²) in [6.45, 7) is 1.87. The third kappa shape index (κ3) is 4.23. The second-order valence-corrected chi connectivity index (χ2v) is 8.60. The molecule has 2 aromatic heterocycles. The van der Waals surface area contributed by atoms with Crippen LogP contribution in [-0.4, -0.2) is 5.91 Å². The van der Waals surface area contributed by atoms with Gasteiger partial charge in [-0.1, -0.05) is 47.5 Å². The van der Waals surface area contributed by atoms with E-state index in [0.29, 0.717) is 38.2 Å². The Labute approximate surface area is 204 Å². The lowest BCUT2D eigenvalue weighted by atomic mass is 10.0. The van der Waals surface area contributed by atoms with Gasteiger partial charge < -0.3 is 14.2 Å². The van der Waals surface area contributed by atoms with E-state index in [1.54, 1.807) is 54.6 Å². The Morgan fingerprint density at radius 1 is 0.824 bits per heavy atom. The van der Waals surface area contributed by atoms with E-state index in [1.165, 1.54) is 0 Å². The van der Waals surface area contributed by atoms with Gasteiger partial charge >= 0.3 is 5.63 Å². The number of benzene rings is 3. The van der Waals surface area contributed by atoms with Crippen LogP contribution in [-0.2, 0) is 0 Å². The Bertz CT molecular complexity index is 1620. The monoisotopic (exact) mass is 489 g/mol. The lowest BCUT2D eigenvalue weighted by Crippen LogP contribution is -2.11. The molecule has 0 aliphatic carbocycles. The van der Waals surface area contributed by atoms with Gasteiger partial charge in [-0.2, -0.15) is 0 Å². The fourth-order valence-electron chi connectivity index (χ4n) is 3.78. The van der Waals surface area contributed by atoms with Crippen LogP contribution in [0, 0.1) is 6.92 Å². The van der Waals surface area contributed by atoms with Crippen LogP contribution in [0.25, 0.3) is 33.4 Å². The molecule has 0 fully saturated rings. The van der Waals surface area contributed by atoms with Crippen LogP contribution in [0.15, 0.2) is 92.5 Å². The SMILES string of the molecule is Cc1cc(NC(=O)c2ccc(-c3ccc(Cl)cc3Cl)o2)ccc1-c1cc2ccccc2oc1=O. The molecule has 0 bridgehead atoms. The van der Waals surface area contributed by atoms with Crippen molar-refractivity contribution in [3.63, 3.8) is 0 Å². The number of fused-ring (bicyclic) bond motifs is 1. The van der Waals surface area contributed by atoms with Crippen molar-refractivity contribution in [3.8, 4) is 22.5 Å². The molecular formula is C27H17Cl2NO4. The van der Waals surface area contributed by atoms with Gasteiger partial charge in [0, 0.05) is 21.7 Å². The number of hydrogen-bond acceptors (Lipinski definition) is 4. The van der Waals surface area contributed by atoms with Gasteiger partial charge in [0.05, 0.1) is 10.6 Å². The van der Waals surface area contributed by atoms with Crippen LogP contribution in [0.4, 0.5) is 5.69 Å². The van der Waals surface area contributed by atoms with E-state index in [0.717, 1.165) is 16.5 Å². The number of anilines is 1. The predicted molar refractivity (Wildman–Crippen MR) is 135 cm³/mol. The second kappa shape index (κ2) is 8.86. The van der Waals surface area contributed by atoms with Crippen molar-refractivity contribution in [2.24, 2.45) is 0 Å². The summed E-state index contributed by atoms with van der Waals surface area (Å²) in [7, 11) is 0. The summed E-state index contributed by atoms with van der Waals surface area (Å²) in [5, 5.41) is 4.60. The standard InChI is InChI=1S/C27H17Cl2NO4/c1-15-12-18(7-9-19(15)21-13-16-4-2-3-5-23(16)34-27(21)32)30-26(31)25-11-10-24(33-25)20-8-6-17(28)14-22(20)29/h2-14H,1H3,(H,30,31). The van der Waals surface area contributed by atoms with E-state index in [-0.39, 0.29) is 5.76 Å². The molecule has 1 N–H and O–H groups in total. The van der Waals surface area contributed by atoms with Crippen LogP contribution in [0.1, 0.15) is 16.1 Å². The molecule has 2 heterocycles. The van der Waals surface area contributed by atoms with Crippen LogP contribution in [0.3, 0.4) is 0 Å². The van der Waals surface area contributed by atoms with Gasteiger partial charge in [-0.15, -0.1) is 0 Å². The van der Waals surface area contributed by atoms with Gasteiger partial charge in [0.25, 0.3) is 5.91 Å². The van der Waals surface area contributed by atoms with Gasteiger partial charge in [0.1, 0.15) is 11.3 Å². The number of aryl methyl sites for hydroxylation is 1. The number of carbonyl (C=O) groups excluding carboxylic acids is 1. The number of amides is 1. The van der Waals surface area contributed by atoms with Crippen molar-refractivity contribution >= 4 is 45.8 Å². The van der Waals surface area contributed by atoms with Gasteiger partial charge in [-0.25, -0.2) is 4.79 Å². The minimum atomic E-state index is -0.414. The molecule has 0 radical (unpaired) electrons. The summed E-state index contributed by atoms with van der Waals surface area (Å²) >= 11 is 12.2. The van der Waals surface area contributed by atoms with Crippen LogP contribution in [0.5, 0.6) is 0 Å². The number of furan rings is 1. The zero-order chi connectivity index (χ0) is 23.8. The fourth-order valence-corrected chi connectivity index (χ4v) is 4.28. The molecule has 5 aromatic rings. The normalized spacial score (nSPS) is 11.0. The highest BCUT2D eigenvalue weighted by Gasteiger charge is 2.16. The van der Waals surface area contributed by atoms with Crippen LogP contribution >= 0.6 is 23.2 Å². The summed E-state index contributed by atoms with van der Waals surface area (Å²) in [6.07, 6.45) is 0. The molecule has 3 aromatic carbocycles. The number of nitrogens with one attached hydrogen (secondary N) is 1. The zero-order valence-electron chi connectivity index (χ0n) is 17.9. The molecule has 0 unspecified atom stereocenters. The van der Waals surface area contributed by atoms with E-state index >= 15 is 0 Å². The second-order valence-electron chi connectivity index (χ2n) is 7.76. The molecule has 0 saturated heterocycles. The third-order valence-corrected chi connectivity index (χ3v) is 5.99. The molecule has 7 heteroatoms. The largest absolute Gasteiger partial charge is 0.451 e. The number of para-hydroxylation sites is 1. The van der Waals surface area contributed by atoms with Crippen molar-refractivity contribution in [3.05, 3.63) is 111 Å². The summed E-state index contributed by atoms with van der Waals surface area (Å²) < 4.78 is 11.2. The van der Waals surface area contributed by atoms with E-state index in [9.17, 15) is 9.59 Å². The Balaban J connectivity index is 1.39. The van der Waals surface area contributed by atoms with Gasteiger partial charge in [0.15, 0.2) is 5.76 Å². The number of halogens is 2. The summed E-state index contributed by atoms with van der Waals surface area (Å²) in [6, 6.07) is 22.8. The maximum absolute atomic E-state index is 12.7. The highest BCUT2D eigenvalue weighted by molar-refractivity contribution is 6.36. The average molecular weight is 490 g/mol. The van der Waals surface area contributed by atoms with Gasteiger partial charge in [-0.3, -0.25) is 4.79 Å². The third-order valence-electron chi connectivity index (χ3n) is 5.44. The first kappa shape index (κ1) is 22.0. The minimum Gasteiger partial charge on any atom is -0.451 e. The van der Waals surface area contributed by atoms with Crippen molar-refractivity contribution in [2.75, 3.05) is 5.32 Å². The maximum atomic E-state index is 12.7. The minimum absolute atomic E-state index is 0.137. The molecule has 5 rings (SSSR count). The first-order valence-corrected chi connectivity index (χ1v) is 11.2. The molecule has 168 valence electrons. The lowest BCUT2D eigenvalue weighted by Gasteiger charge is -2.09. The maximum Gasteiger partial charge on any atom is 0.344 e. The highest BCUT2D eigenvalue weighted by atomic mass is 35.5. The summed E-state index contributed by atoms with van der Waals surface area (Å²) in [5.41, 5.74) is 3.34. The number of carbonyl (C=O) groups is 1. The smallest absolute Gasteiger partial charge is 0.344 e. The predicted octanol–water partition coefficient (Wildman–Crippen LogP) is 7.59.